The number of aromatic nitrogens is 3. The van der Waals surface area contributed by atoms with E-state index >= 15 is 0 Å². The average Bonchev–Trinajstić information content (AvgIpc) is 2.60. The average molecular weight is 340 g/mol. The third-order valence-corrected chi connectivity index (χ3v) is 3.84. The van der Waals surface area contributed by atoms with Gasteiger partial charge in [-0.3, -0.25) is 4.98 Å². The summed E-state index contributed by atoms with van der Waals surface area (Å²) in [4.78, 5) is 12.9. The van der Waals surface area contributed by atoms with Gasteiger partial charge in [0.25, 0.3) is 0 Å². The Balaban J connectivity index is 1.66. The second-order valence-corrected chi connectivity index (χ2v) is 5.78. The molecule has 2 heterocycles. The molecule has 0 bridgehead atoms. The van der Waals surface area contributed by atoms with E-state index < -0.39 is 0 Å². The van der Waals surface area contributed by atoms with Crippen molar-refractivity contribution in [2.75, 3.05) is 10.6 Å². The van der Waals surface area contributed by atoms with E-state index in [2.05, 4.69) is 25.6 Å². The van der Waals surface area contributed by atoms with Crippen LogP contribution < -0.4 is 10.6 Å². The van der Waals surface area contributed by atoms with Gasteiger partial charge in [0.15, 0.2) is 0 Å². The highest BCUT2D eigenvalue weighted by Gasteiger charge is 2.04. The van der Waals surface area contributed by atoms with Crippen LogP contribution in [0.4, 0.5) is 11.8 Å². The summed E-state index contributed by atoms with van der Waals surface area (Å²) in [7, 11) is 0. The van der Waals surface area contributed by atoms with Crippen molar-refractivity contribution in [3.8, 4) is 0 Å². The zero-order chi connectivity index (χ0) is 16.8. The maximum Gasteiger partial charge on any atom is 0.225 e. The van der Waals surface area contributed by atoms with Gasteiger partial charge in [-0.25, -0.2) is 4.98 Å². The number of halogens is 1. The van der Waals surface area contributed by atoms with Crippen molar-refractivity contribution < 1.29 is 0 Å². The van der Waals surface area contributed by atoms with Gasteiger partial charge >= 0.3 is 0 Å². The van der Waals surface area contributed by atoms with Crippen molar-refractivity contribution >= 4 is 23.4 Å². The molecule has 6 heteroatoms. The SMILES string of the molecule is Cc1cc(NCc2ccccc2Cl)nc(NCc2ccncc2)n1. The monoisotopic (exact) mass is 339 g/mol. The minimum absolute atomic E-state index is 0.591. The zero-order valence-electron chi connectivity index (χ0n) is 13.3. The van der Waals surface area contributed by atoms with E-state index in [1.807, 2.05) is 49.4 Å². The number of anilines is 2. The van der Waals surface area contributed by atoms with E-state index in [0.717, 1.165) is 27.7 Å². The zero-order valence-corrected chi connectivity index (χ0v) is 14.1. The molecule has 0 radical (unpaired) electrons. The third kappa shape index (κ3) is 4.43. The smallest absolute Gasteiger partial charge is 0.225 e. The number of nitrogens with zero attached hydrogens (tertiary/aromatic N) is 3. The molecule has 0 fully saturated rings. The van der Waals surface area contributed by atoms with E-state index in [9.17, 15) is 0 Å². The number of benzene rings is 1. The van der Waals surface area contributed by atoms with E-state index in [0.29, 0.717) is 19.0 Å². The summed E-state index contributed by atoms with van der Waals surface area (Å²) in [6.07, 6.45) is 3.54. The van der Waals surface area contributed by atoms with Crippen LogP contribution in [0.3, 0.4) is 0 Å². The van der Waals surface area contributed by atoms with Crippen LogP contribution in [-0.4, -0.2) is 15.0 Å². The quantitative estimate of drug-likeness (QED) is 0.709. The summed E-state index contributed by atoms with van der Waals surface area (Å²) < 4.78 is 0. The molecule has 2 N–H and O–H groups in total. The predicted octanol–water partition coefficient (Wildman–Crippen LogP) is 4.06. The van der Waals surface area contributed by atoms with E-state index in [1.165, 1.54) is 0 Å². The molecular weight excluding hydrogens is 322 g/mol. The Bertz CT molecular complexity index is 808. The van der Waals surface area contributed by atoms with E-state index in [1.54, 1.807) is 12.4 Å². The molecule has 3 rings (SSSR count). The van der Waals surface area contributed by atoms with Crippen LogP contribution in [-0.2, 0) is 13.1 Å². The van der Waals surface area contributed by atoms with E-state index in [-0.39, 0.29) is 0 Å². The maximum absolute atomic E-state index is 6.18. The first-order chi connectivity index (χ1) is 11.7. The minimum atomic E-state index is 0.591. The highest BCUT2D eigenvalue weighted by Crippen LogP contribution is 2.17. The van der Waals surface area contributed by atoms with Crippen LogP contribution in [0.15, 0.2) is 54.9 Å². The predicted molar refractivity (Wildman–Crippen MR) is 97.1 cm³/mol. The molecule has 0 aliphatic rings. The number of aryl methyl sites for hydroxylation is 1. The largest absolute Gasteiger partial charge is 0.366 e. The standard InChI is InChI=1S/C18H18ClN5/c1-13-10-17(21-12-15-4-2-3-5-16(15)19)24-18(23-13)22-11-14-6-8-20-9-7-14/h2-10H,11-12H2,1H3,(H2,21,22,23,24). The molecule has 1 aromatic carbocycles. The molecule has 24 heavy (non-hydrogen) atoms. The Morgan fingerprint density at radius 3 is 2.54 bits per heavy atom. The summed E-state index contributed by atoms with van der Waals surface area (Å²) in [5, 5.41) is 7.27. The Hall–Kier alpha value is -2.66. The topological polar surface area (TPSA) is 62.7 Å². The summed E-state index contributed by atoms with van der Waals surface area (Å²) >= 11 is 6.18. The van der Waals surface area contributed by atoms with Crippen LogP contribution in [0, 0.1) is 6.92 Å². The van der Waals surface area contributed by atoms with Crippen molar-refractivity contribution in [1.29, 1.82) is 0 Å². The molecule has 5 nitrogen and oxygen atoms in total. The molecule has 0 aliphatic heterocycles. The lowest BCUT2D eigenvalue weighted by molar-refractivity contribution is 1.01. The molecule has 0 unspecified atom stereocenters. The molecule has 0 atom stereocenters. The van der Waals surface area contributed by atoms with Crippen LogP contribution >= 0.6 is 11.6 Å². The minimum Gasteiger partial charge on any atom is -0.366 e. The van der Waals surface area contributed by atoms with Crippen LogP contribution in [0.25, 0.3) is 0 Å². The van der Waals surface area contributed by atoms with Crippen LogP contribution in [0.5, 0.6) is 0 Å². The van der Waals surface area contributed by atoms with Gasteiger partial charge in [0.05, 0.1) is 0 Å². The van der Waals surface area contributed by atoms with Crippen molar-refractivity contribution in [2.24, 2.45) is 0 Å². The molecule has 3 aromatic rings. The highest BCUT2D eigenvalue weighted by molar-refractivity contribution is 6.31. The van der Waals surface area contributed by atoms with Crippen molar-refractivity contribution in [1.82, 2.24) is 15.0 Å². The molecular formula is C18H18ClN5. The Kier molecular flexibility index (Phi) is 5.23. The normalized spacial score (nSPS) is 10.4. The fourth-order valence-electron chi connectivity index (χ4n) is 2.25. The molecule has 0 saturated heterocycles. The summed E-state index contributed by atoms with van der Waals surface area (Å²) in [6.45, 7) is 3.20. The maximum atomic E-state index is 6.18. The Morgan fingerprint density at radius 1 is 0.958 bits per heavy atom. The van der Waals surface area contributed by atoms with Gasteiger partial charge < -0.3 is 10.6 Å². The van der Waals surface area contributed by atoms with Crippen molar-refractivity contribution in [3.63, 3.8) is 0 Å². The van der Waals surface area contributed by atoms with Crippen LogP contribution in [0.2, 0.25) is 5.02 Å². The highest BCUT2D eigenvalue weighted by atomic mass is 35.5. The second-order valence-electron chi connectivity index (χ2n) is 5.37. The van der Waals surface area contributed by atoms with Gasteiger partial charge in [-0.2, -0.15) is 4.98 Å². The number of pyridine rings is 1. The summed E-state index contributed by atoms with van der Waals surface area (Å²) in [5.41, 5.74) is 3.05. The number of hydrogen-bond acceptors (Lipinski definition) is 5. The van der Waals surface area contributed by atoms with Gasteiger partial charge in [0, 0.05) is 42.3 Å². The molecule has 0 spiro atoms. The second kappa shape index (κ2) is 7.75. The summed E-state index contributed by atoms with van der Waals surface area (Å²) in [6, 6.07) is 13.6. The van der Waals surface area contributed by atoms with Gasteiger partial charge in [0.1, 0.15) is 5.82 Å². The molecule has 0 amide bonds. The van der Waals surface area contributed by atoms with Gasteiger partial charge in [0.2, 0.25) is 5.95 Å². The fourth-order valence-corrected chi connectivity index (χ4v) is 2.45. The first kappa shape index (κ1) is 16.2. The number of hydrogen-bond donors (Lipinski definition) is 2. The Morgan fingerprint density at radius 2 is 1.75 bits per heavy atom. The molecule has 2 aromatic heterocycles. The van der Waals surface area contributed by atoms with Gasteiger partial charge in [-0.05, 0) is 36.2 Å². The van der Waals surface area contributed by atoms with Crippen LogP contribution in [0.1, 0.15) is 16.8 Å². The molecule has 0 aliphatic carbocycles. The van der Waals surface area contributed by atoms with Gasteiger partial charge in [-0.15, -0.1) is 0 Å². The number of nitrogens with one attached hydrogen (secondary N) is 2. The first-order valence-corrected chi connectivity index (χ1v) is 8.04. The summed E-state index contributed by atoms with van der Waals surface area (Å²) in [5.74, 6) is 1.35. The number of rotatable bonds is 6. The van der Waals surface area contributed by atoms with E-state index in [4.69, 9.17) is 11.6 Å². The lowest BCUT2D eigenvalue weighted by Crippen LogP contribution is -2.08. The van der Waals surface area contributed by atoms with Gasteiger partial charge in [-0.1, -0.05) is 29.8 Å². The lowest BCUT2D eigenvalue weighted by Gasteiger charge is -2.11. The molecule has 0 saturated carbocycles. The van der Waals surface area contributed by atoms with Crippen molar-refractivity contribution in [2.45, 2.75) is 20.0 Å². The Labute approximate surface area is 146 Å². The van der Waals surface area contributed by atoms with Crippen molar-refractivity contribution in [3.05, 3.63) is 76.7 Å². The fraction of sp³-hybridized carbons (Fsp3) is 0.167. The first-order valence-electron chi connectivity index (χ1n) is 7.66. The molecule has 122 valence electrons. The lowest BCUT2D eigenvalue weighted by atomic mass is 10.2. The third-order valence-electron chi connectivity index (χ3n) is 3.47.